The van der Waals surface area contributed by atoms with Crippen molar-refractivity contribution in [3.63, 3.8) is 0 Å². The van der Waals surface area contributed by atoms with Gasteiger partial charge in [-0.25, -0.2) is 4.79 Å². The number of hydrogen-bond donors (Lipinski definition) is 2. The van der Waals surface area contributed by atoms with Crippen LogP contribution in [0.2, 0.25) is 0 Å². The smallest absolute Gasteiger partial charge is 0.251 e. The molecule has 0 aromatic heterocycles. The summed E-state index contributed by atoms with van der Waals surface area (Å²) in [5.74, 6) is -0.735. The van der Waals surface area contributed by atoms with Crippen molar-refractivity contribution in [1.29, 1.82) is 0 Å². The van der Waals surface area contributed by atoms with E-state index in [9.17, 15) is 14.4 Å². The first-order valence-corrected chi connectivity index (χ1v) is 16.3. The number of para-hydroxylation sites is 1. The van der Waals surface area contributed by atoms with Crippen LogP contribution in [0.5, 0.6) is 0 Å². The molecule has 46 heavy (non-hydrogen) atoms. The lowest BCUT2D eigenvalue weighted by Gasteiger charge is -2.28. The highest BCUT2D eigenvalue weighted by Crippen LogP contribution is 2.20. The monoisotopic (exact) mass is 619 g/mol. The highest BCUT2D eigenvalue weighted by molar-refractivity contribution is 6.97. The van der Waals surface area contributed by atoms with E-state index in [1.165, 1.54) is 6.08 Å². The first-order chi connectivity index (χ1) is 22.4. The van der Waals surface area contributed by atoms with Crippen LogP contribution in [0.25, 0.3) is 0 Å². The van der Waals surface area contributed by atoms with Gasteiger partial charge in [0.25, 0.3) is 5.91 Å². The number of benzene rings is 3. The van der Waals surface area contributed by atoms with Crippen molar-refractivity contribution < 1.29 is 14.4 Å². The van der Waals surface area contributed by atoms with E-state index < -0.39 is 5.94 Å². The fraction of sp³-hybridized carbons (Fsp3) is 0.417. The minimum Gasteiger partial charge on any atom is -0.360 e. The topological polar surface area (TPSA) is 90.9 Å². The first kappa shape index (κ1) is 42.1. The van der Waals surface area contributed by atoms with E-state index in [-0.39, 0.29) is 30.3 Å². The van der Waals surface area contributed by atoms with Gasteiger partial charge < -0.3 is 10.6 Å². The molecule has 4 rings (SSSR count). The lowest BCUT2D eigenvalue weighted by Crippen LogP contribution is -2.46. The Morgan fingerprint density at radius 1 is 0.935 bits per heavy atom. The molecule has 3 unspecified atom stereocenters. The Hall–Kier alpha value is -3.87. The van der Waals surface area contributed by atoms with Crippen molar-refractivity contribution in [1.82, 2.24) is 15.5 Å². The number of nitrogens with one attached hydrogen (secondary N) is 2. The van der Waals surface area contributed by atoms with Crippen molar-refractivity contribution in [2.75, 3.05) is 19.6 Å². The molecule has 10 heteroatoms. The number of carbonyl (C=O) groups excluding carboxylic acids is 3. The Morgan fingerprint density at radius 2 is 1.50 bits per heavy atom. The lowest BCUT2D eigenvalue weighted by atomic mass is 9.49. The van der Waals surface area contributed by atoms with Crippen LogP contribution in [0, 0.1) is 0 Å². The number of carbonyl (C=O) groups is 2. The number of nitrogens with zero attached hydrogens (tertiary/aromatic N) is 2. The van der Waals surface area contributed by atoms with Crippen LogP contribution in [0.1, 0.15) is 83.1 Å². The fourth-order valence-corrected chi connectivity index (χ4v) is 4.71. The zero-order valence-corrected chi connectivity index (χ0v) is 28.7. The van der Waals surface area contributed by atoms with E-state index in [4.69, 9.17) is 15.6 Å². The van der Waals surface area contributed by atoms with Crippen LogP contribution >= 0.6 is 0 Å². The number of likely N-dealkylation sites (tertiary alicyclic amines) is 1. The van der Waals surface area contributed by atoms with Crippen molar-refractivity contribution >= 4 is 51.8 Å². The zero-order chi connectivity index (χ0) is 34.7. The van der Waals surface area contributed by atoms with Crippen LogP contribution < -0.4 is 16.1 Å². The maximum Gasteiger partial charge on any atom is 0.251 e. The Kier molecular flexibility index (Phi) is 24.1. The summed E-state index contributed by atoms with van der Waals surface area (Å²) in [7, 11) is 13.7. The van der Waals surface area contributed by atoms with Crippen molar-refractivity contribution in [2.45, 2.75) is 79.2 Å². The molecule has 3 atom stereocenters. The van der Waals surface area contributed by atoms with Gasteiger partial charge in [-0.2, -0.15) is 4.99 Å². The van der Waals surface area contributed by atoms with Gasteiger partial charge in [0.05, 0.1) is 27.2 Å². The van der Waals surface area contributed by atoms with Crippen molar-refractivity contribution in [3.05, 3.63) is 96.1 Å². The van der Waals surface area contributed by atoms with Gasteiger partial charge in [0.2, 0.25) is 12.0 Å². The van der Waals surface area contributed by atoms with E-state index in [0.29, 0.717) is 17.8 Å². The number of aliphatic imine (C=N–C) groups is 1. The maximum absolute atomic E-state index is 12.6. The van der Waals surface area contributed by atoms with Crippen LogP contribution in [0.15, 0.2) is 89.9 Å². The minimum atomic E-state index is -0.505. The van der Waals surface area contributed by atoms with Crippen LogP contribution in [-0.4, -0.2) is 77.2 Å². The molecular formula is C36H50B3N4O3. The Morgan fingerprint density at radius 3 is 2.07 bits per heavy atom. The Labute approximate surface area is 281 Å². The summed E-state index contributed by atoms with van der Waals surface area (Å²) >= 11 is 0. The Bertz CT molecular complexity index is 1280. The van der Waals surface area contributed by atoms with E-state index >= 15 is 0 Å². The summed E-state index contributed by atoms with van der Waals surface area (Å²) in [6.07, 6.45) is 3.06. The highest BCUT2D eigenvalue weighted by Gasteiger charge is 2.27. The third-order valence-corrected chi connectivity index (χ3v) is 6.72. The van der Waals surface area contributed by atoms with E-state index in [1.54, 1.807) is 31.4 Å². The van der Waals surface area contributed by atoms with Gasteiger partial charge in [0, 0.05) is 32.4 Å². The van der Waals surface area contributed by atoms with Crippen molar-refractivity contribution in [3.8, 4) is 0 Å². The normalized spacial score (nSPS) is 14.2. The number of isocyanates is 1. The van der Waals surface area contributed by atoms with Gasteiger partial charge in [-0.05, 0) is 49.0 Å². The lowest BCUT2D eigenvalue weighted by molar-refractivity contribution is -0.122. The molecule has 0 spiro atoms. The second kappa shape index (κ2) is 26.4. The summed E-state index contributed by atoms with van der Waals surface area (Å²) in [6.45, 7) is 15.7. The molecule has 0 bridgehead atoms. The SMILES string of the molecule is CC.CC.CC.O=C=Nc1ccccc1.[B][B]c1ccccc1C(CC)C([B])NC(=O)CN1CCC(NC(=O)c2ccccc2)C1. The molecule has 1 aliphatic rings. The third-order valence-electron chi connectivity index (χ3n) is 6.72. The fourth-order valence-electron chi connectivity index (χ4n) is 4.71. The van der Waals surface area contributed by atoms with Gasteiger partial charge in [0.1, 0.15) is 0 Å². The predicted octanol–water partition coefficient (Wildman–Crippen LogP) is 5.44. The maximum atomic E-state index is 12.6. The second-order valence-corrected chi connectivity index (χ2v) is 9.50. The molecule has 1 heterocycles. The quantitative estimate of drug-likeness (QED) is 0.180. The zero-order valence-electron chi connectivity index (χ0n) is 28.7. The summed E-state index contributed by atoms with van der Waals surface area (Å²) in [5.41, 5.74) is 3.25. The van der Waals surface area contributed by atoms with Crippen molar-refractivity contribution in [2.24, 2.45) is 4.99 Å². The van der Waals surface area contributed by atoms with E-state index in [2.05, 4.69) is 15.6 Å². The molecule has 0 saturated carbocycles. The van der Waals surface area contributed by atoms with Crippen LogP contribution in [0.3, 0.4) is 0 Å². The average molecular weight is 619 g/mol. The molecule has 1 aliphatic heterocycles. The second-order valence-electron chi connectivity index (χ2n) is 9.50. The number of amides is 2. The molecule has 1 saturated heterocycles. The molecule has 1 fully saturated rings. The summed E-state index contributed by atoms with van der Waals surface area (Å²) in [6, 6.07) is 26.0. The van der Waals surface area contributed by atoms with Gasteiger partial charge >= 0.3 is 0 Å². The Balaban J connectivity index is 0.00000113. The minimum absolute atomic E-state index is 0.0311. The van der Waals surface area contributed by atoms with E-state index in [1.807, 2.05) is 114 Å². The van der Waals surface area contributed by atoms with Gasteiger partial charge in [-0.1, -0.05) is 120 Å². The predicted molar refractivity (Wildman–Crippen MR) is 195 cm³/mol. The summed E-state index contributed by atoms with van der Waals surface area (Å²) < 4.78 is 0. The molecule has 5 radical (unpaired) electrons. The van der Waals surface area contributed by atoms with Gasteiger partial charge in [0.15, 0.2) is 0 Å². The summed E-state index contributed by atoms with van der Waals surface area (Å²) in [5, 5.41) is 5.99. The number of rotatable bonds is 10. The first-order valence-electron chi connectivity index (χ1n) is 16.3. The molecular weight excluding hydrogens is 569 g/mol. The summed E-state index contributed by atoms with van der Waals surface area (Å²) in [4.78, 5) is 40.1. The van der Waals surface area contributed by atoms with Gasteiger partial charge in [-0.15, -0.1) is 0 Å². The van der Waals surface area contributed by atoms with Gasteiger partial charge in [-0.3, -0.25) is 14.5 Å². The molecule has 2 N–H and O–H groups in total. The highest BCUT2D eigenvalue weighted by atomic mass is 16.2. The largest absolute Gasteiger partial charge is 0.360 e. The standard InChI is InChI=1S/C23H27B3N3O2.C7H5NO.3C2H6/c1-2-18(19-10-6-7-11-20(19)26-25)22(24)28-21(30)15-29-13-12-17(14-29)27-23(31)16-8-4-3-5-9-16;9-6-8-7-4-2-1-3-5-7;3*1-2/h3-11,17-18,22H,2,12-15H2,1H3,(H,27,31)(H,28,30);1-5H;3*1-2H3. The molecule has 7 nitrogen and oxygen atoms in total. The average Bonchev–Trinajstić information content (AvgIpc) is 3.55. The van der Waals surface area contributed by atoms with E-state index in [0.717, 1.165) is 30.4 Å². The molecule has 3 aromatic carbocycles. The molecule has 3 aromatic rings. The van der Waals surface area contributed by atoms with Crippen LogP contribution in [-0.2, 0) is 9.59 Å². The third kappa shape index (κ3) is 15.4. The molecule has 0 aliphatic carbocycles. The molecule has 241 valence electrons. The molecule has 2 amide bonds. The number of hydrogen-bond acceptors (Lipinski definition) is 5. The van der Waals surface area contributed by atoms with Crippen LogP contribution in [0.4, 0.5) is 5.69 Å².